The van der Waals surface area contributed by atoms with E-state index in [-0.39, 0.29) is 24.0 Å². The summed E-state index contributed by atoms with van der Waals surface area (Å²) in [6, 6.07) is 41.1. The van der Waals surface area contributed by atoms with Crippen LogP contribution in [0, 0.1) is 23.7 Å². The van der Waals surface area contributed by atoms with Crippen LogP contribution in [0.3, 0.4) is 0 Å². The highest BCUT2D eigenvalue weighted by Crippen LogP contribution is 2.36. The summed E-state index contributed by atoms with van der Waals surface area (Å²) in [5.41, 5.74) is 6.30. The fraction of sp³-hybridized carbons (Fsp3) is 0.405. The van der Waals surface area contributed by atoms with E-state index < -0.39 is 0 Å². The van der Waals surface area contributed by atoms with Crippen molar-refractivity contribution in [1.82, 2.24) is 4.90 Å². The van der Waals surface area contributed by atoms with Gasteiger partial charge >= 0.3 is 5.97 Å². The van der Waals surface area contributed by atoms with Gasteiger partial charge in [0.2, 0.25) is 0 Å². The molecule has 0 bridgehead atoms. The standard InChI is InChI=1S/C42H51NO2/c1-31(2)40-25-20-32(3)26-41(40)45-42(44)33(4)27-39(28-34-21-23-38(24-22-34)37-18-12-7-13-19-37)43(29-35-14-8-5-9-15-35)30-36-16-10-6-11-17-36/h5-19,21-24,31-33,39-41H,20,25-30H2,1-4H3/t32-,33?,39?,40+,41-/m0/s1. The highest BCUT2D eigenvalue weighted by molar-refractivity contribution is 5.72. The molecule has 0 aromatic heterocycles. The molecule has 0 heterocycles. The lowest BCUT2D eigenvalue weighted by Crippen LogP contribution is -2.40. The minimum atomic E-state index is -0.197. The molecule has 0 amide bonds. The highest BCUT2D eigenvalue weighted by Gasteiger charge is 2.35. The van der Waals surface area contributed by atoms with Crippen molar-refractivity contribution >= 4 is 5.97 Å². The van der Waals surface area contributed by atoms with Crippen LogP contribution < -0.4 is 0 Å². The number of hydrogen-bond donors (Lipinski definition) is 0. The van der Waals surface area contributed by atoms with Crippen LogP contribution in [0.1, 0.15) is 70.1 Å². The van der Waals surface area contributed by atoms with Crippen LogP contribution in [0.15, 0.2) is 115 Å². The maximum absolute atomic E-state index is 13.8. The van der Waals surface area contributed by atoms with E-state index in [9.17, 15) is 4.79 Å². The summed E-state index contributed by atoms with van der Waals surface area (Å²) in [6.45, 7) is 10.6. The zero-order valence-electron chi connectivity index (χ0n) is 27.6. The maximum Gasteiger partial charge on any atom is 0.308 e. The summed E-state index contributed by atoms with van der Waals surface area (Å²) in [5.74, 6) is 1.33. The second-order valence-corrected chi connectivity index (χ2v) is 13.7. The smallest absolute Gasteiger partial charge is 0.308 e. The average molecular weight is 602 g/mol. The largest absolute Gasteiger partial charge is 0.462 e. The first-order valence-electron chi connectivity index (χ1n) is 17.0. The summed E-state index contributed by atoms with van der Waals surface area (Å²) in [7, 11) is 0. The predicted molar refractivity (Wildman–Crippen MR) is 187 cm³/mol. The van der Waals surface area contributed by atoms with E-state index in [0.717, 1.165) is 38.8 Å². The molecule has 2 unspecified atom stereocenters. The highest BCUT2D eigenvalue weighted by atomic mass is 16.5. The molecule has 4 aromatic carbocycles. The van der Waals surface area contributed by atoms with Crippen LogP contribution in [0.4, 0.5) is 0 Å². The molecule has 1 aliphatic rings. The van der Waals surface area contributed by atoms with E-state index in [1.807, 2.05) is 0 Å². The van der Waals surface area contributed by atoms with Crippen molar-refractivity contribution in [2.45, 2.75) is 85.0 Å². The van der Waals surface area contributed by atoms with E-state index in [1.54, 1.807) is 0 Å². The summed E-state index contributed by atoms with van der Waals surface area (Å²) in [4.78, 5) is 16.3. The molecule has 5 atom stereocenters. The third kappa shape index (κ3) is 9.41. The van der Waals surface area contributed by atoms with Gasteiger partial charge in [0.05, 0.1) is 5.92 Å². The Morgan fingerprint density at radius 2 is 1.24 bits per heavy atom. The Hall–Kier alpha value is -3.69. The molecule has 236 valence electrons. The zero-order valence-corrected chi connectivity index (χ0v) is 27.6. The first-order chi connectivity index (χ1) is 21.9. The van der Waals surface area contributed by atoms with Gasteiger partial charge in [0.15, 0.2) is 0 Å². The molecule has 45 heavy (non-hydrogen) atoms. The molecular formula is C42H51NO2. The van der Waals surface area contributed by atoms with Crippen molar-refractivity contribution in [2.24, 2.45) is 23.7 Å². The number of rotatable bonds is 13. The third-order valence-corrected chi connectivity index (χ3v) is 9.76. The van der Waals surface area contributed by atoms with Crippen LogP contribution in [0.25, 0.3) is 11.1 Å². The normalized spacial score (nSPS) is 19.7. The molecule has 1 saturated carbocycles. The van der Waals surface area contributed by atoms with Gasteiger partial charge in [-0.1, -0.05) is 149 Å². The van der Waals surface area contributed by atoms with E-state index in [0.29, 0.717) is 17.8 Å². The van der Waals surface area contributed by atoms with Crippen molar-refractivity contribution in [1.29, 1.82) is 0 Å². The molecule has 5 rings (SSSR count). The number of ether oxygens (including phenoxy) is 1. The van der Waals surface area contributed by atoms with Gasteiger partial charge in [0.25, 0.3) is 0 Å². The summed E-state index contributed by atoms with van der Waals surface area (Å²) < 4.78 is 6.37. The third-order valence-electron chi connectivity index (χ3n) is 9.76. The topological polar surface area (TPSA) is 29.5 Å². The van der Waals surface area contributed by atoms with Gasteiger partial charge in [0.1, 0.15) is 6.10 Å². The SMILES string of the molecule is CC(CC(Cc1ccc(-c2ccccc2)cc1)N(Cc1ccccc1)Cc1ccccc1)C(=O)O[C@H]1C[C@@H](C)CC[C@@H]1C(C)C. The van der Waals surface area contributed by atoms with Gasteiger partial charge in [-0.25, -0.2) is 0 Å². The van der Waals surface area contributed by atoms with Crippen LogP contribution in [-0.2, 0) is 29.0 Å². The molecule has 1 fully saturated rings. The molecule has 4 aromatic rings. The van der Waals surface area contributed by atoms with Gasteiger partial charge in [-0.15, -0.1) is 0 Å². The number of carbonyl (C=O) groups excluding carboxylic acids is 1. The minimum absolute atomic E-state index is 0.0254. The molecular weight excluding hydrogens is 550 g/mol. The molecule has 1 aliphatic carbocycles. The number of nitrogens with zero attached hydrogens (tertiary/aromatic N) is 1. The number of hydrogen-bond acceptors (Lipinski definition) is 3. The molecule has 3 nitrogen and oxygen atoms in total. The van der Waals surface area contributed by atoms with Crippen LogP contribution in [0.2, 0.25) is 0 Å². The van der Waals surface area contributed by atoms with Crippen LogP contribution in [0.5, 0.6) is 0 Å². The molecule has 0 saturated heterocycles. The summed E-state index contributed by atoms with van der Waals surface area (Å²) in [6.07, 6.45) is 4.99. The van der Waals surface area contributed by atoms with Gasteiger partial charge in [-0.3, -0.25) is 9.69 Å². The van der Waals surface area contributed by atoms with Gasteiger partial charge in [-0.05, 0) is 71.3 Å². The molecule has 0 aliphatic heterocycles. The predicted octanol–water partition coefficient (Wildman–Crippen LogP) is 10.00. The van der Waals surface area contributed by atoms with E-state index in [4.69, 9.17) is 4.74 Å². The van der Waals surface area contributed by atoms with E-state index >= 15 is 0 Å². The van der Waals surface area contributed by atoms with Crippen LogP contribution >= 0.6 is 0 Å². The van der Waals surface area contributed by atoms with Crippen molar-refractivity contribution in [2.75, 3.05) is 0 Å². The Balaban J connectivity index is 1.39. The molecule has 0 spiro atoms. The maximum atomic E-state index is 13.8. The minimum Gasteiger partial charge on any atom is -0.462 e. The van der Waals surface area contributed by atoms with Crippen LogP contribution in [-0.4, -0.2) is 23.0 Å². The van der Waals surface area contributed by atoms with E-state index in [2.05, 4.69) is 148 Å². The Morgan fingerprint density at radius 3 is 1.80 bits per heavy atom. The van der Waals surface area contributed by atoms with Crippen molar-refractivity contribution in [3.63, 3.8) is 0 Å². The lowest BCUT2D eigenvalue weighted by atomic mass is 9.75. The van der Waals surface area contributed by atoms with E-state index in [1.165, 1.54) is 34.2 Å². The lowest BCUT2D eigenvalue weighted by Gasteiger charge is -2.38. The second-order valence-electron chi connectivity index (χ2n) is 13.7. The fourth-order valence-electron chi connectivity index (χ4n) is 7.07. The van der Waals surface area contributed by atoms with Gasteiger partial charge < -0.3 is 4.74 Å². The van der Waals surface area contributed by atoms with Gasteiger partial charge in [0, 0.05) is 19.1 Å². The summed E-state index contributed by atoms with van der Waals surface area (Å²) in [5, 5.41) is 0. The molecule has 0 N–H and O–H groups in total. The fourth-order valence-corrected chi connectivity index (χ4v) is 7.07. The van der Waals surface area contributed by atoms with Crippen molar-refractivity contribution in [3.8, 4) is 11.1 Å². The van der Waals surface area contributed by atoms with Gasteiger partial charge in [-0.2, -0.15) is 0 Å². The summed E-state index contributed by atoms with van der Waals surface area (Å²) >= 11 is 0. The monoisotopic (exact) mass is 601 g/mol. The Morgan fingerprint density at radius 1 is 0.711 bits per heavy atom. The Bertz CT molecular complexity index is 1390. The Kier molecular flexibility index (Phi) is 11.7. The number of benzene rings is 4. The second kappa shape index (κ2) is 16.0. The number of esters is 1. The molecule has 0 radical (unpaired) electrons. The van der Waals surface area contributed by atoms with Crippen molar-refractivity contribution < 1.29 is 9.53 Å². The first-order valence-corrected chi connectivity index (χ1v) is 17.0. The number of carbonyl (C=O) groups is 1. The van der Waals surface area contributed by atoms with Crippen molar-refractivity contribution in [3.05, 3.63) is 132 Å². The first kappa shape index (κ1) is 32.7. The zero-order chi connectivity index (χ0) is 31.6. The Labute approximate surface area is 271 Å². The average Bonchev–Trinajstić information content (AvgIpc) is 3.05. The quantitative estimate of drug-likeness (QED) is 0.143. The lowest BCUT2D eigenvalue weighted by molar-refractivity contribution is -0.161. The molecule has 3 heteroatoms.